The minimum atomic E-state index is -0.426. The molecule has 62 valence electrons. The number of aromatic nitrogens is 1. The minimum Gasteiger partial charge on any atom is -0.351 e. The molecule has 2 heterocycles. The standard InChI is InChI=1S/C7H7N3OS/c8-7(11)10-3-1-2-5-6(10)12-4-9-5/h1-2,4H,3H2,(H2,8,11). The SMILES string of the molecule is NC(=O)N1CC=Cc2ncsc21. The average Bonchev–Trinajstić information content (AvgIpc) is 2.49. The third kappa shape index (κ3) is 0.984. The molecule has 4 nitrogen and oxygen atoms in total. The Labute approximate surface area is 73.3 Å². The molecule has 0 saturated carbocycles. The van der Waals surface area contributed by atoms with Crippen LogP contribution in [-0.4, -0.2) is 17.6 Å². The summed E-state index contributed by atoms with van der Waals surface area (Å²) in [6.45, 7) is 0.546. The van der Waals surface area contributed by atoms with E-state index in [0.29, 0.717) is 6.54 Å². The monoisotopic (exact) mass is 181 g/mol. The number of hydrogen-bond acceptors (Lipinski definition) is 3. The lowest BCUT2D eigenvalue weighted by molar-refractivity contribution is 0.254. The van der Waals surface area contributed by atoms with E-state index in [0.717, 1.165) is 10.7 Å². The molecular formula is C7H7N3OS. The van der Waals surface area contributed by atoms with Crippen LogP contribution in [-0.2, 0) is 0 Å². The molecule has 5 heteroatoms. The molecule has 2 rings (SSSR count). The number of fused-ring (bicyclic) bond motifs is 1. The molecule has 0 aliphatic carbocycles. The quantitative estimate of drug-likeness (QED) is 0.650. The Hall–Kier alpha value is -1.36. The van der Waals surface area contributed by atoms with Crippen molar-refractivity contribution in [2.75, 3.05) is 11.4 Å². The molecule has 2 N–H and O–H groups in total. The summed E-state index contributed by atoms with van der Waals surface area (Å²) in [4.78, 5) is 16.5. The number of urea groups is 1. The van der Waals surface area contributed by atoms with Crippen LogP contribution >= 0.6 is 11.3 Å². The zero-order valence-corrected chi connectivity index (χ0v) is 7.04. The number of amides is 2. The molecule has 0 aromatic carbocycles. The predicted molar refractivity (Wildman–Crippen MR) is 48.1 cm³/mol. The number of carbonyl (C=O) groups is 1. The van der Waals surface area contributed by atoms with Crippen molar-refractivity contribution in [1.82, 2.24) is 4.98 Å². The lowest BCUT2D eigenvalue weighted by Gasteiger charge is -2.19. The van der Waals surface area contributed by atoms with Gasteiger partial charge in [-0.1, -0.05) is 6.08 Å². The summed E-state index contributed by atoms with van der Waals surface area (Å²) in [5.74, 6) is 0. The molecule has 0 saturated heterocycles. The van der Waals surface area contributed by atoms with Gasteiger partial charge in [0, 0.05) is 6.54 Å². The molecule has 1 aromatic heterocycles. The van der Waals surface area contributed by atoms with Crippen molar-refractivity contribution in [3.05, 3.63) is 17.3 Å². The van der Waals surface area contributed by atoms with E-state index in [1.165, 1.54) is 16.2 Å². The van der Waals surface area contributed by atoms with Crippen LogP contribution in [0.3, 0.4) is 0 Å². The molecule has 1 aliphatic heterocycles. The van der Waals surface area contributed by atoms with Crippen molar-refractivity contribution < 1.29 is 4.79 Å². The third-order valence-electron chi connectivity index (χ3n) is 1.65. The first-order valence-electron chi connectivity index (χ1n) is 3.46. The first kappa shape index (κ1) is 7.30. The summed E-state index contributed by atoms with van der Waals surface area (Å²) in [5, 5.41) is 0.838. The van der Waals surface area contributed by atoms with Gasteiger partial charge in [0.05, 0.1) is 11.2 Å². The van der Waals surface area contributed by atoms with Gasteiger partial charge in [-0.3, -0.25) is 4.90 Å². The zero-order chi connectivity index (χ0) is 8.55. The highest BCUT2D eigenvalue weighted by atomic mass is 32.1. The van der Waals surface area contributed by atoms with Crippen LogP contribution in [0.1, 0.15) is 5.69 Å². The van der Waals surface area contributed by atoms with E-state index < -0.39 is 6.03 Å². The highest BCUT2D eigenvalue weighted by Crippen LogP contribution is 2.28. The van der Waals surface area contributed by atoms with Gasteiger partial charge in [-0.2, -0.15) is 0 Å². The van der Waals surface area contributed by atoms with Crippen LogP contribution in [0.5, 0.6) is 0 Å². The molecule has 0 spiro atoms. The number of primary amides is 1. The minimum absolute atomic E-state index is 0.426. The Kier molecular flexibility index (Phi) is 1.58. The van der Waals surface area contributed by atoms with Crippen LogP contribution in [0.25, 0.3) is 6.08 Å². The number of anilines is 1. The fourth-order valence-electron chi connectivity index (χ4n) is 1.11. The molecule has 0 radical (unpaired) electrons. The van der Waals surface area contributed by atoms with E-state index >= 15 is 0 Å². The second-order valence-corrected chi connectivity index (χ2v) is 3.23. The largest absolute Gasteiger partial charge is 0.351 e. The number of nitrogens with zero attached hydrogens (tertiary/aromatic N) is 2. The fourth-order valence-corrected chi connectivity index (χ4v) is 1.91. The Morgan fingerprint density at radius 1 is 1.75 bits per heavy atom. The Balaban J connectivity index is 2.45. The summed E-state index contributed by atoms with van der Waals surface area (Å²) < 4.78 is 0. The summed E-state index contributed by atoms with van der Waals surface area (Å²) in [7, 11) is 0. The maximum atomic E-state index is 10.9. The highest BCUT2D eigenvalue weighted by Gasteiger charge is 2.18. The van der Waals surface area contributed by atoms with Crippen molar-refractivity contribution in [3.8, 4) is 0 Å². The lowest BCUT2D eigenvalue weighted by atomic mass is 10.3. The van der Waals surface area contributed by atoms with Crippen molar-refractivity contribution in [3.63, 3.8) is 0 Å². The predicted octanol–water partition coefficient (Wildman–Crippen LogP) is 1.06. The van der Waals surface area contributed by atoms with Crippen LogP contribution in [0.15, 0.2) is 11.6 Å². The van der Waals surface area contributed by atoms with Crippen LogP contribution in [0, 0.1) is 0 Å². The smallest absolute Gasteiger partial charge is 0.320 e. The summed E-state index contributed by atoms with van der Waals surface area (Å²) in [5.41, 5.74) is 7.70. The zero-order valence-electron chi connectivity index (χ0n) is 6.23. The van der Waals surface area contributed by atoms with Gasteiger partial charge in [0.15, 0.2) is 0 Å². The topological polar surface area (TPSA) is 59.2 Å². The molecule has 2 amide bonds. The van der Waals surface area contributed by atoms with Gasteiger partial charge in [0.1, 0.15) is 5.00 Å². The number of hydrogen-bond donors (Lipinski definition) is 1. The first-order chi connectivity index (χ1) is 5.79. The molecular weight excluding hydrogens is 174 g/mol. The third-order valence-corrected chi connectivity index (χ3v) is 2.51. The summed E-state index contributed by atoms with van der Waals surface area (Å²) in [6, 6.07) is -0.426. The lowest BCUT2D eigenvalue weighted by Crippen LogP contribution is -2.36. The van der Waals surface area contributed by atoms with E-state index in [1.54, 1.807) is 5.51 Å². The van der Waals surface area contributed by atoms with Gasteiger partial charge in [-0.15, -0.1) is 11.3 Å². The number of thiazole rings is 1. The van der Waals surface area contributed by atoms with Gasteiger partial charge < -0.3 is 5.73 Å². The van der Waals surface area contributed by atoms with Crippen LogP contribution < -0.4 is 10.6 Å². The number of nitrogens with two attached hydrogens (primary N) is 1. The molecule has 0 unspecified atom stereocenters. The molecule has 0 bridgehead atoms. The fraction of sp³-hybridized carbons (Fsp3) is 0.143. The summed E-state index contributed by atoms with van der Waals surface area (Å²) >= 11 is 1.42. The second kappa shape index (κ2) is 2.60. The molecule has 1 aliphatic rings. The van der Waals surface area contributed by atoms with E-state index in [2.05, 4.69) is 4.98 Å². The normalized spacial score (nSPS) is 14.5. The van der Waals surface area contributed by atoms with E-state index in [-0.39, 0.29) is 0 Å². The van der Waals surface area contributed by atoms with Crippen molar-refractivity contribution >= 4 is 28.4 Å². The van der Waals surface area contributed by atoms with E-state index in [4.69, 9.17) is 5.73 Å². The van der Waals surface area contributed by atoms with Crippen molar-refractivity contribution in [2.24, 2.45) is 5.73 Å². The molecule has 0 fully saturated rings. The van der Waals surface area contributed by atoms with Gasteiger partial charge in [0.25, 0.3) is 0 Å². The number of carbonyl (C=O) groups excluding carboxylic acids is 1. The van der Waals surface area contributed by atoms with Crippen LogP contribution in [0.2, 0.25) is 0 Å². The Bertz CT molecular complexity index is 344. The van der Waals surface area contributed by atoms with Crippen LogP contribution in [0.4, 0.5) is 9.80 Å². The van der Waals surface area contributed by atoms with Gasteiger partial charge >= 0.3 is 6.03 Å². The maximum Gasteiger partial charge on any atom is 0.320 e. The molecule has 12 heavy (non-hydrogen) atoms. The first-order valence-corrected chi connectivity index (χ1v) is 4.34. The van der Waals surface area contributed by atoms with E-state index in [1.807, 2.05) is 12.2 Å². The molecule has 0 atom stereocenters. The highest BCUT2D eigenvalue weighted by molar-refractivity contribution is 7.14. The Morgan fingerprint density at radius 3 is 3.33 bits per heavy atom. The maximum absolute atomic E-state index is 10.9. The van der Waals surface area contributed by atoms with E-state index in [9.17, 15) is 4.79 Å². The molecule has 1 aromatic rings. The number of rotatable bonds is 0. The average molecular weight is 181 g/mol. The van der Waals surface area contributed by atoms with Gasteiger partial charge in [0.2, 0.25) is 0 Å². The van der Waals surface area contributed by atoms with Gasteiger partial charge in [-0.05, 0) is 6.08 Å². The Morgan fingerprint density at radius 2 is 2.58 bits per heavy atom. The van der Waals surface area contributed by atoms with Gasteiger partial charge in [-0.25, -0.2) is 9.78 Å². The van der Waals surface area contributed by atoms with Crippen molar-refractivity contribution in [2.45, 2.75) is 0 Å². The second-order valence-electron chi connectivity index (χ2n) is 2.39. The van der Waals surface area contributed by atoms with Crippen molar-refractivity contribution in [1.29, 1.82) is 0 Å². The summed E-state index contributed by atoms with van der Waals surface area (Å²) in [6.07, 6.45) is 3.76.